The number of anilines is 1. The number of aromatic nitrogens is 2. The van der Waals surface area contributed by atoms with Gasteiger partial charge in [0.2, 0.25) is 11.0 Å². The van der Waals surface area contributed by atoms with Gasteiger partial charge in [0, 0.05) is 24.5 Å². The van der Waals surface area contributed by atoms with E-state index in [0.29, 0.717) is 6.42 Å². The third-order valence-electron chi connectivity index (χ3n) is 5.41. The second-order valence-corrected chi connectivity index (χ2v) is 8.24. The fourth-order valence-corrected chi connectivity index (χ4v) is 4.56. The predicted octanol–water partition coefficient (Wildman–Crippen LogP) is 3.98. The van der Waals surface area contributed by atoms with Gasteiger partial charge in [0.15, 0.2) is 0 Å². The van der Waals surface area contributed by atoms with Crippen molar-refractivity contribution in [2.75, 3.05) is 18.6 Å². The highest BCUT2D eigenvalue weighted by atomic mass is 32.1. The largest absolute Gasteiger partial charge is 0.497 e. The molecule has 2 atom stereocenters. The number of rotatable bonds is 7. The number of hydrogen-bond donors (Lipinski definition) is 1. The minimum absolute atomic E-state index is 0.0285. The summed E-state index contributed by atoms with van der Waals surface area (Å²) in [6.07, 6.45) is 2.45. The van der Waals surface area contributed by atoms with Crippen molar-refractivity contribution >= 4 is 22.6 Å². The summed E-state index contributed by atoms with van der Waals surface area (Å²) in [4.78, 5) is 19.8. The van der Waals surface area contributed by atoms with Crippen LogP contribution >= 0.6 is 11.5 Å². The van der Waals surface area contributed by atoms with Crippen LogP contribution < -0.4 is 15.0 Å². The van der Waals surface area contributed by atoms with E-state index in [0.717, 1.165) is 47.2 Å². The quantitative estimate of drug-likeness (QED) is 0.624. The SMILES string of the molecule is COc1cccc(Cc2nsc(N3CCC[C@H]3C(=O)N[C@@H](C)c3ccccc3)n2)c1. The van der Waals surface area contributed by atoms with Gasteiger partial charge in [-0.05, 0) is 43.0 Å². The molecule has 1 amide bonds. The summed E-state index contributed by atoms with van der Waals surface area (Å²) in [6, 6.07) is 17.7. The molecule has 6 nitrogen and oxygen atoms in total. The number of amides is 1. The first-order chi connectivity index (χ1) is 14.6. The van der Waals surface area contributed by atoms with Crippen LogP contribution in [0.4, 0.5) is 5.13 Å². The van der Waals surface area contributed by atoms with Crippen molar-refractivity contribution in [2.45, 2.75) is 38.3 Å². The second-order valence-electron chi connectivity index (χ2n) is 7.51. The van der Waals surface area contributed by atoms with E-state index in [4.69, 9.17) is 9.72 Å². The van der Waals surface area contributed by atoms with E-state index in [1.807, 2.05) is 61.5 Å². The van der Waals surface area contributed by atoms with E-state index in [1.54, 1.807) is 7.11 Å². The van der Waals surface area contributed by atoms with Crippen molar-refractivity contribution in [2.24, 2.45) is 0 Å². The Bertz CT molecular complexity index is 992. The number of nitrogens with zero attached hydrogens (tertiary/aromatic N) is 3. The third-order valence-corrected chi connectivity index (χ3v) is 6.20. The van der Waals surface area contributed by atoms with E-state index in [9.17, 15) is 4.79 Å². The van der Waals surface area contributed by atoms with Crippen LogP contribution in [-0.4, -0.2) is 35.0 Å². The van der Waals surface area contributed by atoms with Crippen molar-refractivity contribution in [1.82, 2.24) is 14.7 Å². The summed E-state index contributed by atoms with van der Waals surface area (Å²) in [5.41, 5.74) is 2.21. The molecule has 1 aliphatic heterocycles. The average molecular weight is 423 g/mol. The van der Waals surface area contributed by atoms with Gasteiger partial charge < -0.3 is 15.0 Å². The van der Waals surface area contributed by atoms with Gasteiger partial charge in [-0.3, -0.25) is 4.79 Å². The Morgan fingerprint density at radius 1 is 1.27 bits per heavy atom. The fraction of sp³-hybridized carbons (Fsp3) is 0.348. The molecule has 1 aromatic heterocycles. The normalized spacial score (nSPS) is 17.0. The lowest BCUT2D eigenvalue weighted by atomic mass is 10.1. The monoisotopic (exact) mass is 422 g/mol. The van der Waals surface area contributed by atoms with Gasteiger partial charge in [0.1, 0.15) is 17.6 Å². The van der Waals surface area contributed by atoms with Crippen molar-refractivity contribution in [3.8, 4) is 5.75 Å². The topological polar surface area (TPSA) is 67.3 Å². The first-order valence-corrected chi connectivity index (χ1v) is 11.0. The van der Waals surface area contributed by atoms with Crippen LogP contribution in [0.25, 0.3) is 0 Å². The summed E-state index contributed by atoms with van der Waals surface area (Å²) in [6.45, 7) is 2.84. The van der Waals surface area contributed by atoms with Crippen LogP contribution in [0.5, 0.6) is 5.75 Å². The van der Waals surface area contributed by atoms with Gasteiger partial charge in [0.05, 0.1) is 13.2 Å². The Morgan fingerprint density at radius 3 is 2.90 bits per heavy atom. The van der Waals surface area contributed by atoms with Crippen molar-refractivity contribution in [3.63, 3.8) is 0 Å². The van der Waals surface area contributed by atoms with E-state index in [-0.39, 0.29) is 18.0 Å². The molecule has 0 unspecified atom stereocenters. The number of methoxy groups -OCH3 is 1. The Kier molecular flexibility index (Phi) is 6.28. The van der Waals surface area contributed by atoms with Crippen molar-refractivity contribution < 1.29 is 9.53 Å². The van der Waals surface area contributed by atoms with Gasteiger partial charge in [0.25, 0.3) is 0 Å². The molecular formula is C23H26N4O2S. The molecule has 1 fully saturated rings. The van der Waals surface area contributed by atoms with Crippen LogP contribution in [0.3, 0.4) is 0 Å². The molecule has 156 valence electrons. The van der Waals surface area contributed by atoms with Gasteiger partial charge in [-0.15, -0.1) is 0 Å². The molecule has 0 spiro atoms. The smallest absolute Gasteiger partial charge is 0.243 e. The van der Waals surface area contributed by atoms with Crippen LogP contribution in [-0.2, 0) is 11.2 Å². The molecular weight excluding hydrogens is 396 g/mol. The summed E-state index contributed by atoms with van der Waals surface area (Å²) in [5, 5.41) is 3.98. The maximum absolute atomic E-state index is 13.0. The van der Waals surface area contributed by atoms with E-state index in [1.165, 1.54) is 11.5 Å². The molecule has 1 aliphatic rings. The summed E-state index contributed by atoms with van der Waals surface area (Å²) in [7, 11) is 1.66. The van der Waals surface area contributed by atoms with Gasteiger partial charge in [-0.1, -0.05) is 42.5 Å². The zero-order valence-electron chi connectivity index (χ0n) is 17.2. The molecule has 1 N–H and O–H groups in total. The standard InChI is InChI=1S/C23H26N4O2S/c1-16(18-9-4-3-5-10-18)24-22(28)20-12-7-13-27(20)23-25-21(26-30-23)15-17-8-6-11-19(14-17)29-2/h3-6,8-11,14,16,20H,7,12-13,15H2,1-2H3,(H,24,28)/t16-,20-/m0/s1. The van der Waals surface area contributed by atoms with E-state index >= 15 is 0 Å². The van der Waals surface area contributed by atoms with E-state index in [2.05, 4.69) is 14.6 Å². The summed E-state index contributed by atoms with van der Waals surface area (Å²) in [5.74, 6) is 1.65. The maximum Gasteiger partial charge on any atom is 0.243 e. The highest BCUT2D eigenvalue weighted by Crippen LogP contribution is 2.28. The average Bonchev–Trinajstić information content (AvgIpc) is 3.44. The summed E-state index contributed by atoms with van der Waals surface area (Å²) >= 11 is 1.37. The number of ether oxygens (including phenoxy) is 1. The highest BCUT2D eigenvalue weighted by Gasteiger charge is 2.33. The lowest BCUT2D eigenvalue weighted by molar-refractivity contribution is -0.122. The van der Waals surface area contributed by atoms with Gasteiger partial charge in [-0.2, -0.15) is 4.37 Å². The predicted molar refractivity (Wildman–Crippen MR) is 119 cm³/mol. The molecule has 4 rings (SSSR count). The number of carbonyl (C=O) groups excluding carboxylic acids is 1. The Labute approximate surface area is 181 Å². The molecule has 7 heteroatoms. The minimum Gasteiger partial charge on any atom is -0.497 e. The minimum atomic E-state index is -0.200. The zero-order chi connectivity index (χ0) is 20.9. The van der Waals surface area contributed by atoms with Crippen LogP contribution in [0.15, 0.2) is 54.6 Å². The highest BCUT2D eigenvalue weighted by molar-refractivity contribution is 7.09. The van der Waals surface area contributed by atoms with Crippen LogP contribution in [0, 0.1) is 0 Å². The fourth-order valence-electron chi connectivity index (χ4n) is 3.80. The molecule has 2 heterocycles. The number of benzene rings is 2. The Balaban J connectivity index is 1.42. The lowest BCUT2D eigenvalue weighted by Crippen LogP contribution is -2.44. The zero-order valence-corrected chi connectivity index (χ0v) is 18.1. The first-order valence-electron chi connectivity index (χ1n) is 10.2. The number of carbonyl (C=O) groups is 1. The second kappa shape index (κ2) is 9.26. The van der Waals surface area contributed by atoms with Crippen LogP contribution in [0.1, 0.15) is 42.8 Å². The third kappa shape index (κ3) is 4.62. The molecule has 30 heavy (non-hydrogen) atoms. The number of nitrogens with one attached hydrogen (secondary N) is 1. The molecule has 2 aromatic carbocycles. The van der Waals surface area contributed by atoms with Crippen LogP contribution in [0.2, 0.25) is 0 Å². The van der Waals surface area contributed by atoms with Gasteiger partial charge >= 0.3 is 0 Å². The molecule has 0 saturated carbocycles. The number of hydrogen-bond acceptors (Lipinski definition) is 6. The Morgan fingerprint density at radius 2 is 2.10 bits per heavy atom. The lowest BCUT2D eigenvalue weighted by Gasteiger charge is -2.24. The van der Waals surface area contributed by atoms with Gasteiger partial charge in [-0.25, -0.2) is 4.98 Å². The Hall–Kier alpha value is -2.93. The molecule has 3 aromatic rings. The first kappa shape index (κ1) is 20.3. The molecule has 0 radical (unpaired) electrons. The molecule has 0 bridgehead atoms. The van der Waals surface area contributed by atoms with Crippen molar-refractivity contribution in [1.29, 1.82) is 0 Å². The summed E-state index contributed by atoms with van der Waals surface area (Å²) < 4.78 is 9.82. The van der Waals surface area contributed by atoms with Crippen molar-refractivity contribution in [3.05, 3.63) is 71.5 Å². The molecule has 1 saturated heterocycles. The van der Waals surface area contributed by atoms with E-state index < -0.39 is 0 Å². The molecule has 0 aliphatic carbocycles. The maximum atomic E-state index is 13.0.